The molecule has 0 atom stereocenters. The Morgan fingerprint density at radius 2 is 1.50 bits per heavy atom. The molecule has 0 unspecified atom stereocenters. The molecule has 4 rings (SSSR count). The van der Waals surface area contributed by atoms with Crippen LogP contribution < -0.4 is 4.90 Å². The third-order valence-electron chi connectivity index (χ3n) is 4.92. The number of hydrogen-bond acceptors (Lipinski definition) is 5. The highest BCUT2D eigenvalue weighted by atomic mass is 16.1. The number of benzene rings is 2. The molecular formula is C21H22N4O. The number of anilines is 1. The second-order valence-corrected chi connectivity index (χ2v) is 6.50. The van der Waals surface area contributed by atoms with Gasteiger partial charge in [0.2, 0.25) is 5.78 Å². The minimum atomic E-state index is -0.0724. The summed E-state index contributed by atoms with van der Waals surface area (Å²) in [5, 5.41) is 0. The number of aromatic nitrogens is 2. The van der Waals surface area contributed by atoms with Gasteiger partial charge in [0.25, 0.3) is 0 Å². The summed E-state index contributed by atoms with van der Waals surface area (Å²) >= 11 is 0. The SMILES string of the molecule is CCN1CCN(c2nc3ccccc3nc2C(=O)c2ccccc2)CC1. The highest BCUT2D eigenvalue weighted by Gasteiger charge is 2.25. The van der Waals surface area contributed by atoms with Crippen molar-refractivity contribution < 1.29 is 4.79 Å². The zero-order valence-corrected chi connectivity index (χ0v) is 14.9. The molecule has 0 N–H and O–H groups in total. The first-order chi connectivity index (χ1) is 12.8. The van der Waals surface area contributed by atoms with Gasteiger partial charge in [0.1, 0.15) is 0 Å². The molecule has 2 heterocycles. The summed E-state index contributed by atoms with van der Waals surface area (Å²) in [6, 6.07) is 17.1. The van der Waals surface area contributed by atoms with Crippen LogP contribution in [0.4, 0.5) is 5.82 Å². The Bertz CT molecular complexity index is 918. The average Bonchev–Trinajstić information content (AvgIpc) is 2.73. The fraction of sp³-hybridized carbons (Fsp3) is 0.286. The quantitative estimate of drug-likeness (QED) is 0.680. The molecule has 0 spiro atoms. The lowest BCUT2D eigenvalue weighted by atomic mass is 10.1. The number of fused-ring (bicyclic) bond motifs is 1. The van der Waals surface area contributed by atoms with Gasteiger partial charge in [-0.05, 0) is 18.7 Å². The minimum Gasteiger partial charge on any atom is -0.352 e. The summed E-state index contributed by atoms with van der Waals surface area (Å²) in [7, 11) is 0. The van der Waals surface area contributed by atoms with Gasteiger partial charge in [-0.15, -0.1) is 0 Å². The number of rotatable bonds is 4. The summed E-state index contributed by atoms with van der Waals surface area (Å²) in [4.78, 5) is 27.3. The smallest absolute Gasteiger partial charge is 0.215 e. The maximum absolute atomic E-state index is 13.1. The number of ketones is 1. The van der Waals surface area contributed by atoms with E-state index in [9.17, 15) is 4.79 Å². The lowest BCUT2D eigenvalue weighted by Crippen LogP contribution is -2.47. The van der Waals surface area contributed by atoms with Crippen LogP contribution in [0.15, 0.2) is 54.6 Å². The minimum absolute atomic E-state index is 0.0724. The molecule has 0 radical (unpaired) electrons. The van der Waals surface area contributed by atoms with Crippen LogP contribution in [0.3, 0.4) is 0 Å². The van der Waals surface area contributed by atoms with Gasteiger partial charge >= 0.3 is 0 Å². The summed E-state index contributed by atoms with van der Waals surface area (Å²) in [5.74, 6) is 0.630. The van der Waals surface area contributed by atoms with Gasteiger partial charge in [0.15, 0.2) is 11.5 Å². The van der Waals surface area contributed by atoms with E-state index < -0.39 is 0 Å². The molecule has 5 nitrogen and oxygen atoms in total. The molecule has 5 heteroatoms. The lowest BCUT2D eigenvalue weighted by molar-refractivity contribution is 0.103. The molecule has 0 aliphatic carbocycles. The van der Waals surface area contributed by atoms with E-state index in [0.717, 1.165) is 43.8 Å². The summed E-state index contributed by atoms with van der Waals surface area (Å²) in [5.41, 5.74) is 2.66. The number of likely N-dealkylation sites (N-methyl/N-ethyl adjacent to an activating group) is 1. The molecular weight excluding hydrogens is 324 g/mol. The first-order valence-electron chi connectivity index (χ1n) is 9.10. The van der Waals surface area contributed by atoms with Crippen LogP contribution in [0.25, 0.3) is 11.0 Å². The Morgan fingerprint density at radius 1 is 0.885 bits per heavy atom. The van der Waals surface area contributed by atoms with Gasteiger partial charge in [-0.25, -0.2) is 9.97 Å². The van der Waals surface area contributed by atoms with E-state index in [1.165, 1.54) is 0 Å². The number of nitrogens with zero attached hydrogens (tertiary/aromatic N) is 4. The summed E-state index contributed by atoms with van der Waals surface area (Å²) in [6.45, 7) is 6.89. The van der Waals surface area contributed by atoms with E-state index in [2.05, 4.69) is 16.7 Å². The highest BCUT2D eigenvalue weighted by molar-refractivity contribution is 6.11. The Kier molecular flexibility index (Phi) is 4.63. The fourth-order valence-corrected chi connectivity index (χ4v) is 3.37. The van der Waals surface area contributed by atoms with Crippen molar-refractivity contribution in [3.05, 3.63) is 65.9 Å². The molecule has 1 aliphatic heterocycles. The van der Waals surface area contributed by atoms with Crippen molar-refractivity contribution in [3.8, 4) is 0 Å². The monoisotopic (exact) mass is 346 g/mol. The number of carbonyl (C=O) groups excluding carboxylic acids is 1. The van der Waals surface area contributed by atoms with E-state index in [1.807, 2.05) is 54.6 Å². The molecule has 26 heavy (non-hydrogen) atoms. The van der Waals surface area contributed by atoms with Crippen molar-refractivity contribution in [2.24, 2.45) is 0 Å². The van der Waals surface area contributed by atoms with Crippen molar-refractivity contribution in [1.82, 2.24) is 14.9 Å². The van der Waals surface area contributed by atoms with E-state index in [1.54, 1.807) is 0 Å². The Hall–Kier alpha value is -2.79. The van der Waals surface area contributed by atoms with E-state index in [-0.39, 0.29) is 5.78 Å². The van der Waals surface area contributed by atoms with Gasteiger partial charge in [-0.2, -0.15) is 0 Å². The number of carbonyl (C=O) groups is 1. The molecule has 132 valence electrons. The summed E-state index contributed by atoms with van der Waals surface area (Å²) < 4.78 is 0. The van der Waals surface area contributed by atoms with Crippen LogP contribution >= 0.6 is 0 Å². The van der Waals surface area contributed by atoms with Crippen molar-refractivity contribution in [2.75, 3.05) is 37.6 Å². The van der Waals surface area contributed by atoms with Crippen LogP contribution in [0.1, 0.15) is 23.0 Å². The van der Waals surface area contributed by atoms with Crippen LogP contribution in [-0.4, -0.2) is 53.4 Å². The van der Waals surface area contributed by atoms with E-state index in [0.29, 0.717) is 17.1 Å². The average molecular weight is 346 g/mol. The Morgan fingerprint density at radius 3 is 2.15 bits per heavy atom. The van der Waals surface area contributed by atoms with E-state index in [4.69, 9.17) is 9.97 Å². The van der Waals surface area contributed by atoms with Crippen molar-refractivity contribution >= 4 is 22.6 Å². The summed E-state index contributed by atoms with van der Waals surface area (Å²) in [6.07, 6.45) is 0. The molecule has 0 amide bonds. The molecule has 0 bridgehead atoms. The second kappa shape index (κ2) is 7.22. The predicted molar refractivity (Wildman–Crippen MR) is 104 cm³/mol. The first kappa shape index (κ1) is 16.7. The zero-order valence-electron chi connectivity index (χ0n) is 14.9. The lowest BCUT2D eigenvalue weighted by Gasteiger charge is -2.35. The van der Waals surface area contributed by atoms with Gasteiger partial charge in [0, 0.05) is 31.7 Å². The van der Waals surface area contributed by atoms with Crippen molar-refractivity contribution in [1.29, 1.82) is 0 Å². The second-order valence-electron chi connectivity index (χ2n) is 6.50. The first-order valence-corrected chi connectivity index (χ1v) is 9.10. The molecule has 3 aromatic rings. The third-order valence-corrected chi connectivity index (χ3v) is 4.92. The molecule has 1 aliphatic rings. The number of para-hydroxylation sites is 2. The number of hydrogen-bond donors (Lipinski definition) is 0. The number of piperazine rings is 1. The molecule has 1 aromatic heterocycles. The van der Waals surface area contributed by atoms with Crippen molar-refractivity contribution in [2.45, 2.75) is 6.92 Å². The highest BCUT2D eigenvalue weighted by Crippen LogP contribution is 2.24. The van der Waals surface area contributed by atoms with Gasteiger partial charge in [-0.1, -0.05) is 49.4 Å². The van der Waals surface area contributed by atoms with Crippen LogP contribution in [0.2, 0.25) is 0 Å². The normalized spacial score (nSPS) is 15.3. The van der Waals surface area contributed by atoms with Gasteiger partial charge in [0.05, 0.1) is 11.0 Å². The Balaban J connectivity index is 1.78. The molecule has 0 saturated carbocycles. The van der Waals surface area contributed by atoms with Crippen LogP contribution in [-0.2, 0) is 0 Å². The zero-order chi connectivity index (χ0) is 17.9. The van der Waals surface area contributed by atoms with Gasteiger partial charge < -0.3 is 9.80 Å². The van der Waals surface area contributed by atoms with E-state index >= 15 is 0 Å². The molecule has 1 saturated heterocycles. The van der Waals surface area contributed by atoms with Crippen molar-refractivity contribution in [3.63, 3.8) is 0 Å². The van der Waals surface area contributed by atoms with Gasteiger partial charge in [-0.3, -0.25) is 4.79 Å². The molecule has 2 aromatic carbocycles. The molecule has 1 fully saturated rings. The Labute approximate surface area is 153 Å². The van der Waals surface area contributed by atoms with Crippen LogP contribution in [0, 0.1) is 0 Å². The topological polar surface area (TPSA) is 49.3 Å². The maximum Gasteiger partial charge on any atom is 0.215 e. The third kappa shape index (κ3) is 3.18. The van der Waals surface area contributed by atoms with Crippen LogP contribution in [0.5, 0.6) is 0 Å². The fourth-order valence-electron chi connectivity index (χ4n) is 3.37. The largest absolute Gasteiger partial charge is 0.352 e. The maximum atomic E-state index is 13.1. The standard InChI is InChI=1S/C21H22N4O/c1-2-24-12-14-25(15-13-24)21-19(20(26)16-8-4-3-5-9-16)22-17-10-6-7-11-18(17)23-21/h3-11H,2,12-15H2,1H3. The predicted octanol–water partition coefficient (Wildman–Crippen LogP) is 3.00.